The van der Waals surface area contributed by atoms with Crippen LogP contribution in [0.2, 0.25) is 5.02 Å². The molecule has 7 nitrogen and oxygen atoms in total. The number of aliphatic hydroxyl groups excluding tert-OH is 1. The molecule has 0 bridgehead atoms. The summed E-state index contributed by atoms with van der Waals surface area (Å²) in [6.07, 6.45) is 7.01. The molecule has 4 N–H and O–H groups in total. The minimum Gasteiger partial charge on any atom is -0.396 e. The molecular weight excluding hydrogens is 488 g/mol. The van der Waals surface area contributed by atoms with Crippen LogP contribution >= 0.6 is 11.6 Å². The quantitative estimate of drug-likeness (QED) is 0.413. The van der Waals surface area contributed by atoms with Gasteiger partial charge in [-0.05, 0) is 42.2 Å². The lowest BCUT2D eigenvalue weighted by molar-refractivity contribution is -0.138. The Hall–Kier alpha value is -2.87. The van der Waals surface area contributed by atoms with E-state index >= 15 is 0 Å². The third-order valence-corrected chi connectivity index (χ3v) is 6.38. The number of aliphatic hydroxyl groups is 1. The molecule has 2 heterocycles. The van der Waals surface area contributed by atoms with Crippen LogP contribution in [-0.4, -0.2) is 52.6 Å². The highest BCUT2D eigenvalue weighted by atomic mass is 35.5. The number of amides is 2. The van der Waals surface area contributed by atoms with Crippen molar-refractivity contribution in [1.82, 2.24) is 15.3 Å². The Labute approximate surface area is 226 Å². The number of nitrogens with zero attached hydrogens (tertiary/aromatic N) is 2. The van der Waals surface area contributed by atoms with Crippen LogP contribution in [0.1, 0.15) is 63.6 Å². The smallest absolute Gasteiger partial charge is 0.271 e. The summed E-state index contributed by atoms with van der Waals surface area (Å²) in [7, 11) is 0. The number of hydrogen-bond acceptors (Lipinski definition) is 5. The molecule has 1 fully saturated rings. The molecule has 1 saturated heterocycles. The molecular formula is C29H41ClN4O3. The van der Waals surface area contributed by atoms with Crippen molar-refractivity contribution < 1.29 is 14.7 Å². The van der Waals surface area contributed by atoms with Crippen molar-refractivity contribution in [2.45, 2.75) is 65.0 Å². The molecule has 0 saturated carbocycles. The van der Waals surface area contributed by atoms with Crippen molar-refractivity contribution in [3.8, 4) is 0 Å². The van der Waals surface area contributed by atoms with E-state index in [-0.39, 0.29) is 31.1 Å². The number of piperazine rings is 1. The summed E-state index contributed by atoms with van der Waals surface area (Å²) in [4.78, 5) is 25.7. The normalized spacial score (nSPS) is 18.2. The molecule has 2 aromatic carbocycles. The molecule has 2 unspecified atom stereocenters. The first-order valence-corrected chi connectivity index (χ1v) is 13.6. The monoisotopic (exact) mass is 528 g/mol. The molecule has 2 aliphatic rings. The summed E-state index contributed by atoms with van der Waals surface area (Å²) in [5, 5.41) is 11.2. The molecule has 4 rings (SSSR count). The Kier molecular flexibility index (Phi) is 13.2. The number of carbonyl (C=O) groups is 2. The molecule has 2 aliphatic heterocycles. The molecule has 2 atom stereocenters. The SMILES string of the molecule is CC.CCCCCC1CN(CC(N)=O)C(=O)C2=CC(c3ccc(Cl)cc3)NN21.OCCc1ccccc1. The number of unbranched alkanes of at least 4 members (excludes halogenated alkanes) is 2. The number of rotatable bonds is 9. The van der Waals surface area contributed by atoms with Gasteiger partial charge in [0.25, 0.3) is 5.91 Å². The van der Waals surface area contributed by atoms with E-state index in [1.54, 1.807) is 4.90 Å². The van der Waals surface area contributed by atoms with E-state index in [1.165, 1.54) is 5.56 Å². The summed E-state index contributed by atoms with van der Waals surface area (Å²) in [5.74, 6) is -0.639. The van der Waals surface area contributed by atoms with Crippen LogP contribution in [0.4, 0.5) is 0 Å². The van der Waals surface area contributed by atoms with Crippen LogP contribution in [-0.2, 0) is 16.0 Å². The van der Waals surface area contributed by atoms with Gasteiger partial charge in [-0.15, -0.1) is 0 Å². The fourth-order valence-corrected chi connectivity index (χ4v) is 4.47. The second-order valence-electron chi connectivity index (χ2n) is 8.84. The van der Waals surface area contributed by atoms with Crippen LogP contribution in [0.25, 0.3) is 0 Å². The Bertz CT molecular complexity index is 998. The molecule has 2 amide bonds. The van der Waals surface area contributed by atoms with Gasteiger partial charge < -0.3 is 15.7 Å². The highest BCUT2D eigenvalue weighted by molar-refractivity contribution is 6.30. The molecule has 0 spiro atoms. The van der Waals surface area contributed by atoms with E-state index in [9.17, 15) is 9.59 Å². The Balaban J connectivity index is 0.000000367. The molecule has 0 aromatic heterocycles. The zero-order valence-corrected chi connectivity index (χ0v) is 23.0. The fourth-order valence-electron chi connectivity index (χ4n) is 4.34. The van der Waals surface area contributed by atoms with Crippen LogP contribution < -0.4 is 11.2 Å². The summed E-state index contributed by atoms with van der Waals surface area (Å²) < 4.78 is 0. The van der Waals surface area contributed by atoms with E-state index in [1.807, 2.05) is 79.5 Å². The van der Waals surface area contributed by atoms with Crippen LogP contribution in [0, 0.1) is 0 Å². The van der Waals surface area contributed by atoms with Gasteiger partial charge in [0.05, 0.1) is 18.6 Å². The van der Waals surface area contributed by atoms with Gasteiger partial charge >= 0.3 is 0 Å². The first-order valence-electron chi connectivity index (χ1n) is 13.2. The summed E-state index contributed by atoms with van der Waals surface area (Å²) in [6.45, 7) is 6.87. The number of primary amides is 1. The Morgan fingerprint density at radius 3 is 2.38 bits per heavy atom. The number of hydrazine groups is 1. The van der Waals surface area contributed by atoms with Crippen molar-refractivity contribution in [3.05, 3.63) is 82.5 Å². The first kappa shape index (κ1) is 30.4. The van der Waals surface area contributed by atoms with Crippen molar-refractivity contribution in [2.24, 2.45) is 5.73 Å². The number of benzene rings is 2. The summed E-state index contributed by atoms with van der Waals surface area (Å²) in [6, 6.07) is 17.6. The Morgan fingerprint density at radius 2 is 1.78 bits per heavy atom. The van der Waals surface area contributed by atoms with Crippen molar-refractivity contribution in [3.63, 3.8) is 0 Å². The second kappa shape index (κ2) is 16.1. The second-order valence-corrected chi connectivity index (χ2v) is 9.28. The van der Waals surface area contributed by atoms with Gasteiger partial charge in [-0.1, -0.05) is 94.1 Å². The van der Waals surface area contributed by atoms with Crippen LogP contribution in [0.15, 0.2) is 66.4 Å². The predicted molar refractivity (Wildman–Crippen MR) is 150 cm³/mol. The molecule has 2 aromatic rings. The predicted octanol–water partition coefficient (Wildman–Crippen LogP) is 4.61. The average molecular weight is 529 g/mol. The van der Waals surface area contributed by atoms with E-state index in [2.05, 4.69) is 12.3 Å². The number of carbonyl (C=O) groups excluding carboxylic acids is 2. The summed E-state index contributed by atoms with van der Waals surface area (Å²) in [5.41, 5.74) is 11.6. The largest absolute Gasteiger partial charge is 0.396 e. The Morgan fingerprint density at radius 1 is 1.11 bits per heavy atom. The fraction of sp³-hybridized carbons (Fsp3) is 0.448. The van der Waals surface area contributed by atoms with Crippen molar-refractivity contribution in [2.75, 3.05) is 19.7 Å². The summed E-state index contributed by atoms with van der Waals surface area (Å²) >= 11 is 5.97. The minimum absolute atomic E-state index is 0.0418. The van der Waals surface area contributed by atoms with E-state index < -0.39 is 5.91 Å². The van der Waals surface area contributed by atoms with Crippen LogP contribution in [0.5, 0.6) is 0 Å². The topological polar surface area (TPSA) is 98.9 Å². The van der Waals surface area contributed by atoms with Crippen LogP contribution in [0.3, 0.4) is 0 Å². The van der Waals surface area contributed by atoms with E-state index in [4.69, 9.17) is 22.4 Å². The first-order chi connectivity index (χ1) is 17.9. The number of halogens is 1. The van der Waals surface area contributed by atoms with Gasteiger partial charge in [-0.25, -0.2) is 5.43 Å². The van der Waals surface area contributed by atoms with Gasteiger partial charge in [0, 0.05) is 18.2 Å². The number of nitrogens with one attached hydrogen (secondary N) is 1. The van der Waals surface area contributed by atoms with Gasteiger partial charge in [-0.3, -0.25) is 14.6 Å². The average Bonchev–Trinajstić information content (AvgIpc) is 3.35. The molecule has 37 heavy (non-hydrogen) atoms. The third-order valence-electron chi connectivity index (χ3n) is 6.12. The lowest BCUT2D eigenvalue weighted by Crippen LogP contribution is -2.58. The third kappa shape index (κ3) is 9.18. The molecule has 202 valence electrons. The lowest BCUT2D eigenvalue weighted by Gasteiger charge is -2.41. The maximum Gasteiger partial charge on any atom is 0.271 e. The zero-order chi connectivity index (χ0) is 27.2. The zero-order valence-electron chi connectivity index (χ0n) is 22.2. The maximum absolute atomic E-state index is 12.8. The number of nitrogens with two attached hydrogens (primary N) is 1. The van der Waals surface area contributed by atoms with Gasteiger partial charge in [0.1, 0.15) is 5.70 Å². The van der Waals surface area contributed by atoms with Gasteiger partial charge in [0.15, 0.2) is 0 Å². The standard InChI is InChI=1S/C19H25ClN4O2.C8H10O.C2H6/c1-2-3-4-5-15-11-23(12-18(21)25)19(26)17-10-16(22-24(15)17)13-6-8-14(20)9-7-13;9-7-6-8-4-2-1-3-5-8;1-2/h6-10,15-16,22H,2-5,11-12H2,1H3,(H2,21,25);1-5,9H,6-7H2;1-2H3. The van der Waals surface area contributed by atoms with Gasteiger partial charge in [0.2, 0.25) is 5.91 Å². The van der Waals surface area contributed by atoms with E-state index in [0.717, 1.165) is 37.7 Å². The minimum atomic E-state index is -0.486. The number of hydrogen-bond donors (Lipinski definition) is 3. The molecule has 0 radical (unpaired) electrons. The van der Waals surface area contributed by atoms with Gasteiger partial charge in [-0.2, -0.15) is 0 Å². The number of fused-ring (bicyclic) bond motifs is 1. The van der Waals surface area contributed by atoms with Crippen molar-refractivity contribution >= 4 is 23.4 Å². The molecule has 8 heteroatoms. The van der Waals surface area contributed by atoms with E-state index in [0.29, 0.717) is 17.3 Å². The van der Waals surface area contributed by atoms with Crippen molar-refractivity contribution in [1.29, 1.82) is 0 Å². The lowest BCUT2D eigenvalue weighted by atomic mass is 10.0. The molecule has 0 aliphatic carbocycles. The maximum atomic E-state index is 12.8. The highest BCUT2D eigenvalue weighted by Gasteiger charge is 2.40. The highest BCUT2D eigenvalue weighted by Crippen LogP contribution is 2.32.